The second kappa shape index (κ2) is 6.38. The highest BCUT2D eigenvalue weighted by atomic mass is 16.5. The van der Waals surface area contributed by atoms with E-state index in [1.807, 2.05) is 6.92 Å². The van der Waals surface area contributed by atoms with Gasteiger partial charge in [0.05, 0.1) is 0 Å². The average molecular weight is 200 g/mol. The molecule has 0 bridgehead atoms. The van der Waals surface area contributed by atoms with Crippen molar-refractivity contribution in [2.75, 3.05) is 32.8 Å². The van der Waals surface area contributed by atoms with Crippen LogP contribution in [0.3, 0.4) is 0 Å². The van der Waals surface area contributed by atoms with Crippen molar-refractivity contribution in [3.63, 3.8) is 0 Å². The van der Waals surface area contributed by atoms with Crippen molar-refractivity contribution >= 4 is 0 Å². The summed E-state index contributed by atoms with van der Waals surface area (Å²) in [7, 11) is 0. The molecule has 1 heterocycles. The molecule has 3 heteroatoms. The Kier molecular flexibility index (Phi) is 5.45. The summed E-state index contributed by atoms with van der Waals surface area (Å²) in [5, 5.41) is 0. The molecule has 2 atom stereocenters. The van der Waals surface area contributed by atoms with Gasteiger partial charge in [0.2, 0.25) is 0 Å². The van der Waals surface area contributed by atoms with Crippen molar-refractivity contribution in [3.05, 3.63) is 0 Å². The van der Waals surface area contributed by atoms with Gasteiger partial charge in [-0.3, -0.25) is 0 Å². The largest absolute Gasteiger partial charge is 0.382 e. The fourth-order valence-corrected chi connectivity index (χ4v) is 1.91. The number of hydrogen-bond acceptors (Lipinski definition) is 3. The van der Waals surface area contributed by atoms with Crippen LogP contribution in [0.15, 0.2) is 0 Å². The molecule has 0 aromatic heterocycles. The first-order valence-electron chi connectivity index (χ1n) is 5.79. The number of hydrogen-bond donors (Lipinski definition) is 1. The Bertz CT molecular complexity index is 152. The highest BCUT2D eigenvalue weighted by Gasteiger charge is 2.22. The molecule has 0 amide bonds. The predicted octanol–water partition coefficient (Wildman–Crippen LogP) is 1.08. The molecular weight excluding hydrogens is 176 g/mol. The summed E-state index contributed by atoms with van der Waals surface area (Å²) in [6.45, 7) is 9.42. The molecule has 14 heavy (non-hydrogen) atoms. The van der Waals surface area contributed by atoms with Crippen LogP contribution in [0.4, 0.5) is 0 Å². The zero-order chi connectivity index (χ0) is 10.4. The van der Waals surface area contributed by atoms with Gasteiger partial charge in [0.1, 0.15) is 0 Å². The summed E-state index contributed by atoms with van der Waals surface area (Å²) in [4.78, 5) is 2.46. The van der Waals surface area contributed by atoms with E-state index in [4.69, 9.17) is 10.5 Å². The molecule has 1 rings (SSSR count). The summed E-state index contributed by atoms with van der Waals surface area (Å²) < 4.78 is 5.31. The molecular formula is C11H24N2O. The zero-order valence-corrected chi connectivity index (χ0v) is 9.54. The van der Waals surface area contributed by atoms with Gasteiger partial charge in [0.25, 0.3) is 0 Å². The smallest absolute Gasteiger partial charge is 0.0478 e. The van der Waals surface area contributed by atoms with Gasteiger partial charge in [-0.15, -0.1) is 0 Å². The minimum Gasteiger partial charge on any atom is -0.382 e. The number of nitrogens with two attached hydrogens (primary N) is 1. The normalized spacial score (nSPS) is 29.4. The third-order valence-corrected chi connectivity index (χ3v) is 3.07. The maximum absolute atomic E-state index is 6.03. The van der Waals surface area contributed by atoms with Gasteiger partial charge in [-0.2, -0.15) is 0 Å². The summed E-state index contributed by atoms with van der Waals surface area (Å²) >= 11 is 0. The maximum atomic E-state index is 6.03. The highest BCUT2D eigenvalue weighted by molar-refractivity contribution is 4.80. The summed E-state index contributed by atoms with van der Waals surface area (Å²) in [5.74, 6) is 0.693. The molecule has 0 aromatic rings. The van der Waals surface area contributed by atoms with Crippen molar-refractivity contribution in [2.45, 2.75) is 32.7 Å². The van der Waals surface area contributed by atoms with Crippen molar-refractivity contribution in [3.8, 4) is 0 Å². The number of rotatable bonds is 5. The number of likely N-dealkylation sites (tertiary alicyclic amines) is 1. The Hall–Kier alpha value is -0.120. The minimum absolute atomic E-state index is 0.371. The van der Waals surface area contributed by atoms with E-state index in [0.717, 1.165) is 32.7 Å². The number of piperidine rings is 1. The second-order valence-electron chi connectivity index (χ2n) is 4.28. The Balaban J connectivity index is 2.07. The lowest BCUT2D eigenvalue weighted by atomic mass is 9.94. The van der Waals surface area contributed by atoms with Crippen LogP contribution in [-0.4, -0.2) is 43.8 Å². The number of ether oxygens (including phenoxy) is 1. The monoisotopic (exact) mass is 200 g/mol. The van der Waals surface area contributed by atoms with Crippen LogP contribution < -0.4 is 5.73 Å². The first kappa shape index (κ1) is 12.0. The molecule has 84 valence electrons. The van der Waals surface area contributed by atoms with Crippen LogP contribution in [0.25, 0.3) is 0 Å². The lowest BCUT2D eigenvalue weighted by Crippen LogP contribution is -2.47. The van der Waals surface area contributed by atoms with Crippen molar-refractivity contribution in [2.24, 2.45) is 11.7 Å². The van der Waals surface area contributed by atoms with Gasteiger partial charge in [-0.25, -0.2) is 0 Å². The second-order valence-corrected chi connectivity index (χ2v) is 4.28. The predicted molar refractivity (Wildman–Crippen MR) is 59.3 cm³/mol. The quantitative estimate of drug-likeness (QED) is 0.675. The molecule has 0 radical (unpaired) electrons. The molecule has 0 saturated carbocycles. The van der Waals surface area contributed by atoms with Gasteiger partial charge in [-0.1, -0.05) is 6.92 Å². The standard InChI is InChI=1S/C11H24N2O/c1-3-14-8-4-6-13-7-5-10(2)11(12)9-13/h10-11H,3-9,12H2,1-2H3. The molecule has 0 aromatic carbocycles. The zero-order valence-electron chi connectivity index (χ0n) is 9.54. The summed E-state index contributed by atoms with van der Waals surface area (Å²) in [6.07, 6.45) is 2.38. The van der Waals surface area contributed by atoms with Crippen LogP contribution in [0.5, 0.6) is 0 Å². The summed E-state index contributed by atoms with van der Waals surface area (Å²) in [6, 6.07) is 0.371. The van der Waals surface area contributed by atoms with E-state index in [2.05, 4.69) is 11.8 Å². The van der Waals surface area contributed by atoms with Gasteiger partial charge in [0.15, 0.2) is 0 Å². The van der Waals surface area contributed by atoms with Crippen molar-refractivity contribution in [1.82, 2.24) is 4.90 Å². The van der Waals surface area contributed by atoms with Crippen molar-refractivity contribution in [1.29, 1.82) is 0 Å². The van der Waals surface area contributed by atoms with Gasteiger partial charge in [0, 0.05) is 32.3 Å². The molecule has 3 nitrogen and oxygen atoms in total. The molecule has 1 aliphatic heterocycles. The molecule has 1 saturated heterocycles. The van der Waals surface area contributed by atoms with Crippen LogP contribution in [0.1, 0.15) is 26.7 Å². The summed E-state index contributed by atoms with van der Waals surface area (Å²) in [5.41, 5.74) is 6.03. The van der Waals surface area contributed by atoms with Crippen LogP contribution >= 0.6 is 0 Å². The Labute approximate surface area is 87.6 Å². The lowest BCUT2D eigenvalue weighted by Gasteiger charge is -2.34. The van der Waals surface area contributed by atoms with E-state index < -0.39 is 0 Å². The van der Waals surface area contributed by atoms with E-state index in [0.29, 0.717) is 12.0 Å². The first-order chi connectivity index (χ1) is 6.74. The fraction of sp³-hybridized carbons (Fsp3) is 1.00. The minimum atomic E-state index is 0.371. The van der Waals surface area contributed by atoms with E-state index in [1.165, 1.54) is 13.0 Å². The fourth-order valence-electron chi connectivity index (χ4n) is 1.91. The maximum Gasteiger partial charge on any atom is 0.0478 e. The Morgan fingerprint density at radius 2 is 2.29 bits per heavy atom. The van der Waals surface area contributed by atoms with E-state index in [9.17, 15) is 0 Å². The molecule has 0 spiro atoms. The molecule has 0 aliphatic carbocycles. The first-order valence-corrected chi connectivity index (χ1v) is 5.79. The SMILES string of the molecule is CCOCCCN1CCC(C)C(N)C1. The molecule has 2 unspecified atom stereocenters. The van der Waals surface area contributed by atoms with Crippen LogP contribution in [0.2, 0.25) is 0 Å². The van der Waals surface area contributed by atoms with Gasteiger partial charge >= 0.3 is 0 Å². The molecule has 2 N–H and O–H groups in total. The van der Waals surface area contributed by atoms with E-state index >= 15 is 0 Å². The highest BCUT2D eigenvalue weighted by Crippen LogP contribution is 2.15. The molecule has 1 fully saturated rings. The third-order valence-electron chi connectivity index (χ3n) is 3.07. The topological polar surface area (TPSA) is 38.5 Å². The van der Waals surface area contributed by atoms with Crippen LogP contribution in [0, 0.1) is 5.92 Å². The third kappa shape index (κ3) is 3.95. The average Bonchev–Trinajstić information content (AvgIpc) is 2.18. The van der Waals surface area contributed by atoms with Crippen molar-refractivity contribution < 1.29 is 4.74 Å². The van der Waals surface area contributed by atoms with E-state index in [1.54, 1.807) is 0 Å². The lowest BCUT2D eigenvalue weighted by molar-refractivity contribution is 0.116. The van der Waals surface area contributed by atoms with E-state index in [-0.39, 0.29) is 0 Å². The Morgan fingerprint density at radius 1 is 1.50 bits per heavy atom. The van der Waals surface area contributed by atoms with Gasteiger partial charge in [-0.05, 0) is 32.2 Å². The van der Waals surface area contributed by atoms with Gasteiger partial charge < -0.3 is 15.4 Å². The molecule has 1 aliphatic rings. The van der Waals surface area contributed by atoms with Crippen LogP contribution in [-0.2, 0) is 4.74 Å². The number of nitrogens with zero attached hydrogens (tertiary/aromatic N) is 1. The Morgan fingerprint density at radius 3 is 2.93 bits per heavy atom.